The molecule has 0 saturated carbocycles. The molecule has 0 aliphatic carbocycles. The first-order valence-corrected chi connectivity index (χ1v) is 6.94. The molecular formula is C15H22N2O2. The Morgan fingerprint density at radius 1 is 1.11 bits per heavy atom. The van der Waals surface area contributed by atoms with Crippen molar-refractivity contribution in [2.45, 2.75) is 12.8 Å². The second kappa shape index (κ2) is 4.93. The SMILES string of the molecule is COc1ccc(N2CCC3(CC2)CNC3)c(OC)c1. The maximum atomic E-state index is 5.50. The first-order chi connectivity index (χ1) is 9.26. The molecular weight excluding hydrogens is 240 g/mol. The number of methoxy groups -OCH3 is 2. The number of piperidine rings is 1. The lowest BCUT2D eigenvalue weighted by Gasteiger charge is -2.49. The van der Waals surface area contributed by atoms with Crippen LogP contribution in [0.5, 0.6) is 11.5 Å². The Morgan fingerprint density at radius 3 is 2.37 bits per heavy atom. The summed E-state index contributed by atoms with van der Waals surface area (Å²) < 4.78 is 10.8. The maximum absolute atomic E-state index is 5.50. The van der Waals surface area contributed by atoms with E-state index in [9.17, 15) is 0 Å². The molecule has 1 aromatic carbocycles. The maximum Gasteiger partial charge on any atom is 0.145 e. The zero-order valence-electron chi connectivity index (χ0n) is 11.7. The Morgan fingerprint density at radius 2 is 1.84 bits per heavy atom. The molecule has 2 saturated heterocycles. The van der Waals surface area contributed by atoms with Crippen molar-refractivity contribution < 1.29 is 9.47 Å². The third-order valence-corrected chi connectivity index (χ3v) is 4.55. The summed E-state index contributed by atoms with van der Waals surface area (Å²) in [7, 11) is 3.41. The zero-order chi connectivity index (χ0) is 13.3. The fourth-order valence-corrected chi connectivity index (χ4v) is 3.10. The number of benzene rings is 1. The van der Waals surface area contributed by atoms with Gasteiger partial charge in [-0.25, -0.2) is 0 Å². The van der Waals surface area contributed by atoms with Crippen molar-refractivity contribution in [1.82, 2.24) is 5.32 Å². The van der Waals surface area contributed by atoms with Crippen LogP contribution in [0, 0.1) is 5.41 Å². The molecule has 1 N–H and O–H groups in total. The Balaban J connectivity index is 1.75. The summed E-state index contributed by atoms with van der Waals surface area (Å²) in [5.41, 5.74) is 1.77. The molecule has 2 heterocycles. The molecule has 0 atom stereocenters. The molecule has 4 nitrogen and oxygen atoms in total. The number of nitrogens with one attached hydrogen (secondary N) is 1. The molecule has 1 aromatic rings. The van der Waals surface area contributed by atoms with Crippen LogP contribution in [0.3, 0.4) is 0 Å². The highest BCUT2D eigenvalue weighted by atomic mass is 16.5. The molecule has 0 aromatic heterocycles. The standard InChI is InChI=1S/C15H22N2O2/c1-18-12-3-4-13(14(9-12)19-2)17-7-5-15(6-8-17)10-16-11-15/h3-4,9,16H,5-8,10-11H2,1-2H3. The average molecular weight is 262 g/mol. The van der Waals surface area contributed by atoms with Crippen LogP contribution >= 0.6 is 0 Å². The number of ether oxygens (including phenoxy) is 2. The summed E-state index contributed by atoms with van der Waals surface area (Å²) >= 11 is 0. The van der Waals surface area contributed by atoms with Gasteiger partial charge in [0.2, 0.25) is 0 Å². The number of nitrogens with zero attached hydrogens (tertiary/aromatic N) is 1. The van der Waals surface area contributed by atoms with E-state index in [1.165, 1.54) is 31.6 Å². The Bertz CT molecular complexity index is 447. The van der Waals surface area contributed by atoms with Gasteiger partial charge in [-0.05, 0) is 30.4 Å². The minimum atomic E-state index is 0.580. The van der Waals surface area contributed by atoms with Crippen molar-refractivity contribution in [3.8, 4) is 11.5 Å². The molecule has 4 heteroatoms. The number of rotatable bonds is 3. The van der Waals surface area contributed by atoms with Gasteiger partial charge in [-0.2, -0.15) is 0 Å². The minimum Gasteiger partial charge on any atom is -0.497 e. The van der Waals surface area contributed by atoms with Gasteiger partial charge < -0.3 is 19.7 Å². The lowest BCUT2D eigenvalue weighted by atomic mass is 9.73. The highest BCUT2D eigenvalue weighted by Crippen LogP contribution is 2.39. The van der Waals surface area contributed by atoms with E-state index in [4.69, 9.17) is 9.47 Å². The van der Waals surface area contributed by atoms with E-state index in [1.54, 1.807) is 14.2 Å². The lowest BCUT2D eigenvalue weighted by molar-refractivity contribution is 0.126. The topological polar surface area (TPSA) is 33.7 Å². The van der Waals surface area contributed by atoms with E-state index in [2.05, 4.69) is 16.3 Å². The molecule has 0 radical (unpaired) electrons. The average Bonchev–Trinajstić information content (AvgIpc) is 2.45. The van der Waals surface area contributed by atoms with Crippen molar-refractivity contribution in [2.75, 3.05) is 45.3 Å². The van der Waals surface area contributed by atoms with Crippen LogP contribution in [0.15, 0.2) is 18.2 Å². The monoisotopic (exact) mass is 262 g/mol. The first-order valence-electron chi connectivity index (χ1n) is 6.94. The van der Waals surface area contributed by atoms with Crippen LogP contribution in [-0.4, -0.2) is 40.4 Å². The van der Waals surface area contributed by atoms with E-state index in [-0.39, 0.29) is 0 Å². The summed E-state index contributed by atoms with van der Waals surface area (Å²) in [6, 6.07) is 6.08. The molecule has 2 aliphatic heterocycles. The molecule has 19 heavy (non-hydrogen) atoms. The van der Waals surface area contributed by atoms with E-state index >= 15 is 0 Å². The molecule has 1 spiro atoms. The van der Waals surface area contributed by atoms with Crippen molar-refractivity contribution in [3.05, 3.63) is 18.2 Å². The predicted octanol–water partition coefficient (Wildman–Crippen LogP) is 1.89. The summed E-state index contributed by atoms with van der Waals surface area (Å²) in [4.78, 5) is 2.43. The smallest absolute Gasteiger partial charge is 0.145 e. The fraction of sp³-hybridized carbons (Fsp3) is 0.600. The van der Waals surface area contributed by atoms with Crippen LogP contribution in [0.1, 0.15) is 12.8 Å². The van der Waals surface area contributed by atoms with Crippen molar-refractivity contribution >= 4 is 5.69 Å². The normalized spacial score (nSPS) is 21.1. The highest BCUT2D eigenvalue weighted by molar-refractivity contribution is 5.61. The molecule has 2 aliphatic rings. The summed E-state index contributed by atoms with van der Waals surface area (Å²) in [5, 5.41) is 3.40. The van der Waals surface area contributed by atoms with Crippen molar-refractivity contribution in [2.24, 2.45) is 5.41 Å². The van der Waals surface area contributed by atoms with E-state index in [0.29, 0.717) is 5.41 Å². The van der Waals surface area contributed by atoms with Gasteiger partial charge in [-0.1, -0.05) is 0 Å². The molecule has 0 bridgehead atoms. The van der Waals surface area contributed by atoms with Crippen LogP contribution in [-0.2, 0) is 0 Å². The van der Waals surface area contributed by atoms with Gasteiger partial charge >= 0.3 is 0 Å². The fourth-order valence-electron chi connectivity index (χ4n) is 3.10. The third kappa shape index (κ3) is 2.25. The highest BCUT2D eigenvalue weighted by Gasteiger charge is 2.39. The van der Waals surface area contributed by atoms with Gasteiger partial charge in [0.1, 0.15) is 11.5 Å². The Labute approximate surface area is 114 Å². The van der Waals surface area contributed by atoms with Crippen LogP contribution in [0.4, 0.5) is 5.69 Å². The molecule has 0 amide bonds. The van der Waals surface area contributed by atoms with Gasteiger partial charge in [-0.15, -0.1) is 0 Å². The van der Waals surface area contributed by atoms with Gasteiger partial charge in [-0.3, -0.25) is 0 Å². The van der Waals surface area contributed by atoms with Gasteiger partial charge in [0, 0.05) is 32.2 Å². The minimum absolute atomic E-state index is 0.580. The van der Waals surface area contributed by atoms with Crippen LogP contribution in [0.25, 0.3) is 0 Å². The Kier molecular flexibility index (Phi) is 3.27. The molecule has 2 fully saturated rings. The summed E-state index contributed by atoms with van der Waals surface area (Å²) in [6.07, 6.45) is 2.55. The van der Waals surface area contributed by atoms with Crippen molar-refractivity contribution in [1.29, 1.82) is 0 Å². The third-order valence-electron chi connectivity index (χ3n) is 4.55. The second-order valence-corrected chi connectivity index (χ2v) is 5.63. The quantitative estimate of drug-likeness (QED) is 0.902. The number of hydrogen-bond donors (Lipinski definition) is 1. The summed E-state index contributed by atoms with van der Waals surface area (Å²) in [6.45, 7) is 4.62. The predicted molar refractivity (Wildman–Crippen MR) is 76.3 cm³/mol. The zero-order valence-corrected chi connectivity index (χ0v) is 11.7. The lowest BCUT2D eigenvalue weighted by Crippen LogP contribution is -2.58. The van der Waals surface area contributed by atoms with Crippen molar-refractivity contribution in [3.63, 3.8) is 0 Å². The van der Waals surface area contributed by atoms with Gasteiger partial charge in [0.05, 0.1) is 19.9 Å². The number of anilines is 1. The van der Waals surface area contributed by atoms with E-state index < -0.39 is 0 Å². The second-order valence-electron chi connectivity index (χ2n) is 5.63. The molecule has 0 unspecified atom stereocenters. The largest absolute Gasteiger partial charge is 0.497 e. The van der Waals surface area contributed by atoms with Crippen LogP contribution < -0.4 is 19.7 Å². The molecule has 104 valence electrons. The first kappa shape index (κ1) is 12.6. The van der Waals surface area contributed by atoms with Gasteiger partial charge in [0.15, 0.2) is 0 Å². The molecule has 3 rings (SSSR count). The summed E-state index contributed by atoms with van der Waals surface area (Å²) in [5.74, 6) is 1.75. The van der Waals surface area contributed by atoms with Gasteiger partial charge in [0.25, 0.3) is 0 Å². The van der Waals surface area contributed by atoms with E-state index in [0.717, 1.165) is 24.6 Å². The van der Waals surface area contributed by atoms with Crippen LogP contribution in [0.2, 0.25) is 0 Å². The Hall–Kier alpha value is -1.42. The number of hydrogen-bond acceptors (Lipinski definition) is 4. The van der Waals surface area contributed by atoms with E-state index in [1.807, 2.05) is 12.1 Å².